The number of hydrogen-bond donors (Lipinski definition) is 3. The van der Waals surface area contributed by atoms with Crippen LogP contribution in [0, 0.1) is 11.8 Å². The van der Waals surface area contributed by atoms with Crippen molar-refractivity contribution in [2.75, 3.05) is 23.7 Å². The molecule has 0 unspecified atom stereocenters. The van der Waals surface area contributed by atoms with Crippen molar-refractivity contribution in [1.29, 1.82) is 0 Å². The van der Waals surface area contributed by atoms with Crippen LogP contribution >= 0.6 is 0 Å². The quantitative estimate of drug-likeness (QED) is 0.751. The smallest absolute Gasteiger partial charge is 0.228 e. The fraction of sp³-hybridized carbons (Fsp3) is 0.588. The standard InChI is InChI=1S/C17H24N4O2/c22-16(6-1-12-7-9-18-10-8-12)20-14-4-5-15(19-11-14)21-17(23)13-2-3-13/h4-5,11-13,18H,1-3,6-10H2,(H,20,22)(H,19,21,23). The lowest BCUT2D eigenvalue weighted by atomic mass is 9.93. The molecule has 124 valence electrons. The number of hydrogen-bond acceptors (Lipinski definition) is 4. The van der Waals surface area contributed by atoms with E-state index in [1.165, 1.54) is 0 Å². The van der Waals surface area contributed by atoms with E-state index < -0.39 is 0 Å². The summed E-state index contributed by atoms with van der Waals surface area (Å²) in [5.74, 6) is 1.41. The highest BCUT2D eigenvalue weighted by Gasteiger charge is 2.29. The highest BCUT2D eigenvalue weighted by Crippen LogP contribution is 2.30. The lowest BCUT2D eigenvalue weighted by Gasteiger charge is -2.22. The van der Waals surface area contributed by atoms with E-state index in [2.05, 4.69) is 20.9 Å². The topological polar surface area (TPSA) is 83.1 Å². The molecule has 2 amide bonds. The van der Waals surface area contributed by atoms with Crippen LogP contribution in [0.1, 0.15) is 38.5 Å². The molecule has 0 atom stereocenters. The Bertz CT molecular complexity index is 548. The summed E-state index contributed by atoms with van der Waals surface area (Å²) in [6.45, 7) is 2.12. The molecule has 2 aliphatic rings. The van der Waals surface area contributed by atoms with Crippen LogP contribution in [0.25, 0.3) is 0 Å². The van der Waals surface area contributed by atoms with Crippen molar-refractivity contribution in [3.05, 3.63) is 18.3 Å². The lowest BCUT2D eigenvalue weighted by Crippen LogP contribution is -2.28. The van der Waals surface area contributed by atoms with Gasteiger partial charge in [-0.25, -0.2) is 4.98 Å². The second kappa shape index (κ2) is 7.55. The summed E-state index contributed by atoms with van der Waals surface area (Å²) in [5, 5.41) is 8.98. The van der Waals surface area contributed by atoms with Gasteiger partial charge in [-0.3, -0.25) is 9.59 Å². The molecule has 3 rings (SSSR count). The van der Waals surface area contributed by atoms with Crippen LogP contribution in [0.15, 0.2) is 18.3 Å². The second-order valence-corrected chi connectivity index (χ2v) is 6.48. The van der Waals surface area contributed by atoms with Crippen LogP contribution in [0.4, 0.5) is 11.5 Å². The van der Waals surface area contributed by atoms with Crippen molar-refractivity contribution in [3.63, 3.8) is 0 Å². The highest BCUT2D eigenvalue weighted by atomic mass is 16.2. The molecule has 2 heterocycles. The van der Waals surface area contributed by atoms with Crippen LogP contribution in [-0.2, 0) is 9.59 Å². The molecule has 1 saturated heterocycles. The number of carbonyl (C=O) groups is 2. The van der Waals surface area contributed by atoms with E-state index in [-0.39, 0.29) is 17.7 Å². The number of rotatable bonds is 6. The Kier molecular flexibility index (Phi) is 5.23. The minimum Gasteiger partial charge on any atom is -0.325 e. The molecule has 1 aromatic rings. The third-order valence-electron chi connectivity index (χ3n) is 4.49. The molecule has 0 spiro atoms. The molecule has 1 aromatic heterocycles. The Morgan fingerprint density at radius 2 is 1.91 bits per heavy atom. The molecule has 1 aliphatic carbocycles. The van der Waals surface area contributed by atoms with Gasteiger partial charge in [0.25, 0.3) is 0 Å². The highest BCUT2D eigenvalue weighted by molar-refractivity contribution is 5.94. The summed E-state index contributed by atoms with van der Waals surface area (Å²) < 4.78 is 0. The van der Waals surface area contributed by atoms with Gasteiger partial charge in [0.1, 0.15) is 5.82 Å². The van der Waals surface area contributed by atoms with Crippen LogP contribution in [0.2, 0.25) is 0 Å². The van der Waals surface area contributed by atoms with E-state index in [0.29, 0.717) is 23.8 Å². The Morgan fingerprint density at radius 3 is 2.57 bits per heavy atom. The fourth-order valence-corrected chi connectivity index (χ4v) is 2.84. The molecule has 0 radical (unpaired) electrons. The molecular weight excluding hydrogens is 292 g/mol. The molecule has 6 nitrogen and oxygen atoms in total. The van der Waals surface area contributed by atoms with E-state index >= 15 is 0 Å². The van der Waals surface area contributed by atoms with Gasteiger partial charge < -0.3 is 16.0 Å². The van der Waals surface area contributed by atoms with Gasteiger partial charge in [0, 0.05) is 12.3 Å². The maximum atomic E-state index is 12.0. The maximum Gasteiger partial charge on any atom is 0.228 e. The van der Waals surface area contributed by atoms with Crippen LogP contribution in [0.5, 0.6) is 0 Å². The van der Waals surface area contributed by atoms with Gasteiger partial charge in [-0.05, 0) is 63.2 Å². The molecule has 1 saturated carbocycles. The summed E-state index contributed by atoms with van der Waals surface area (Å²) >= 11 is 0. The van der Waals surface area contributed by atoms with Crippen molar-refractivity contribution in [2.45, 2.75) is 38.5 Å². The van der Waals surface area contributed by atoms with E-state index in [0.717, 1.165) is 45.2 Å². The zero-order valence-electron chi connectivity index (χ0n) is 13.3. The summed E-state index contributed by atoms with van der Waals surface area (Å²) in [4.78, 5) is 27.8. The number of aromatic nitrogens is 1. The minimum absolute atomic E-state index is 0.0279. The average Bonchev–Trinajstić information content (AvgIpc) is 3.41. The Balaban J connectivity index is 1.41. The monoisotopic (exact) mass is 316 g/mol. The van der Waals surface area contributed by atoms with Crippen LogP contribution < -0.4 is 16.0 Å². The lowest BCUT2D eigenvalue weighted by molar-refractivity contribution is -0.117. The summed E-state index contributed by atoms with van der Waals surface area (Å²) in [5.41, 5.74) is 0.671. The van der Waals surface area contributed by atoms with Gasteiger partial charge in [-0.15, -0.1) is 0 Å². The maximum absolute atomic E-state index is 12.0. The third-order valence-corrected chi connectivity index (χ3v) is 4.49. The number of pyridine rings is 1. The van der Waals surface area contributed by atoms with E-state index in [1.54, 1.807) is 18.3 Å². The van der Waals surface area contributed by atoms with Gasteiger partial charge in [0.15, 0.2) is 0 Å². The number of piperidine rings is 1. The molecule has 2 fully saturated rings. The summed E-state index contributed by atoms with van der Waals surface area (Å²) in [7, 11) is 0. The molecule has 6 heteroatoms. The number of anilines is 2. The van der Waals surface area contributed by atoms with Crippen molar-refractivity contribution >= 4 is 23.3 Å². The van der Waals surface area contributed by atoms with Crippen molar-refractivity contribution < 1.29 is 9.59 Å². The number of carbonyl (C=O) groups excluding carboxylic acids is 2. The molecule has 1 aliphatic heterocycles. The molecule has 23 heavy (non-hydrogen) atoms. The van der Waals surface area contributed by atoms with Gasteiger partial charge in [0.2, 0.25) is 11.8 Å². The van der Waals surface area contributed by atoms with Gasteiger partial charge in [-0.1, -0.05) is 0 Å². The molecule has 0 bridgehead atoms. The van der Waals surface area contributed by atoms with Gasteiger partial charge in [-0.2, -0.15) is 0 Å². The first-order chi connectivity index (χ1) is 11.2. The zero-order chi connectivity index (χ0) is 16.1. The first-order valence-electron chi connectivity index (χ1n) is 8.48. The van der Waals surface area contributed by atoms with Crippen LogP contribution in [0.3, 0.4) is 0 Å². The normalized spacial score (nSPS) is 18.4. The number of amides is 2. The first-order valence-corrected chi connectivity index (χ1v) is 8.48. The average molecular weight is 316 g/mol. The zero-order valence-corrected chi connectivity index (χ0v) is 13.3. The van der Waals surface area contributed by atoms with Crippen molar-refractivity contribution in [2.24, 2.45) is 11.8 Å². The predicted octanol–water partition coefficient (Wildman–Crippen LogP) is 2.15. The fourth-order valence-electron chi connectivity index (χ4n) is 2.84. The van der Waals surface area contributed by atoms with Crippen LogP contribution in [-0.4, -0.2) is 29.9 Å². The molecule has 3 N–H and O–H groups in total. The second-order valence-electron chi connectivity index (χ2n) is 6.48. The Morgan fingerprint density at radius 1 is 1.13 bits per heavy atom. The van der Waals surface area contributed by atoms with Gasteiger partial charge >= 0.3 is 0 Å². The molecule has 0 aromatic carbocycles. The van der Waals surface area contributed by atoms with Crippen molar-refractivity contribution in [1.82, 2.24) is 10.3 Å². The van der Waals surface area contributed by atoms with Crippen molar-refractivity contribution in [3.8, 4) is 0 Å². The summed E-state index contributed by atoms with van der Waals surface area (Å²) in [6, 6.07) is 3.50. The van der Waals surface area contributed by atoms with E-state index in [1.807, 2.05) is 0 Å². The Hall–Kier alpha value is -1.95. The number of nitrogens with one attached hydrogen (secondary N) is 3. The largest absolute Gasteiger partial charge is 0.325 e. The number of nitrogens with zero attached hydrogens (tertiary/aromatic N) is 1. The van der Waals surface area contributed by atoms with Gasteiger partial charge in [0.05, 0.1) is 11.9 Å². The summed E-state index contributed by atoms with van der Waals surface area (Å²) in [6.07, 6.45) is 7.33. The van der Waals surface area contributed by atoms with E-state index in [9.17, 15) is 9.59 Å². The minimum atomic E-state index is 0.0279. The SMILES string of the molecule is O=C(CCC1CCNCC1)Nc1ccc(NC(=O)C2CC2)nc1. The predicted molar refractivity (Wildman–Crippen MR) is 89.0 cm³/mol. The molecular formula is C17H24N4O2. The Labute approximate surface area is 136 Å². The third kappa shape index (κ3) is 5.03. The van der Waals surface area contributed by atoms with E-state index in [4.69, 9.17) is 0 Å². The first kappa shape index (κ1) is 15.9.